The highest BCUT2D eigenvalue weighted by Gasteiger charge is 2.11. The van der Waals surface area contributed by atoms with Crippen LogP contribution in [0.4, 0.5) is 0 Å². The van der Waals surface area contributed by atoms with Crippen LogP contribution >= 0.6 is 11.6 Å². The van der Waals surface area contributed by atoms with Crippen molar-refractivity contribution in [1.82, 2.24) is 0 Å². The second kappa shape index (κ2) is 9.29. The fourth-order valence-electron chi connectivity index (χ4n) is 2.92. The molecule has 5 heteroatoms. The number of halogens is 1. The van der Waals surface area contributed by atoms with Crippen LogP contribution in [0.1, 0.15) is 18.1 Å². The Morgan fingerprint density at radius 3 is 2.68 bits per heavy atom. The molecule has 0 unspecified atom stereocenters. The lowest BCUT2D eigenvalue weighted by Gasteiger charge is -2.11. The molecule has 0 spiro atoms. The van der Waals surface area contributed by atoms with Gasteiger partial charge in [0.25, 0.3) is 0 Å². The number of rotatable bonds is 7. The fourth-order valence-corrected chi connectivity index (χ4v) is 3.22. The molecule has 0 amide bonds. The number of carbonyl (C=O) groups excluding carboxylic acids is 1. The second-order valence-electron chi connectivity index (χ2n) is 6.05. The van der Waals surface area contributed by atoms with Gasteiger partial charge in [0.15, 0.2) is 11.5 Å². The number of carbonyl (C=O) groups is 1. The molecule has 28 heavy (non-hydrogen) atoms. The Morgan fingerprint density at radius 2 is 1.89 bits per heavy atom. The number of fused-ring (bicyclic) bond motifs is 1. The minimum absolute atomic E-state index is 0.206. The fraction of sp³-hybridized carbons (Fsp3) is 0.174. The van der Waals surface area contributed by atoms with E-state index in [4.69, 9.17) is 25.8 Å². The molecule has 0 aliphatic heterocycles. The van der Waals surface area contributed by atoms with E-state index in [9.17, 15) is 4.79 Å². The summed E-state index contributed by atoms with van der Waals surface area (Å²) in [5, 5.41) is 2.60. The smallest absolute Gasteiger partial charge is 0.331 e. The van der Waals surface area contributed by atoms with Gasteiger partial charge in [-0.1, -0.05) is 54.1 Å². The summed E-state index contributed by atoms with van der Waals surface area (Å²) in [6.07, 6.45) is 3.01. The molecule has 0 aliphatic rings. The molecule has 0 heterocycles. The van der Waals surface area contributed by atoms with Crippen molar-refractivity contribution < 1.29 is 19.0 Å². The number of hydrogen-bond acceptors (Lipinski definition) is 4. The highest BCUT2D eigenvalue weighted by molar-refractivity contribution is 6.32. The van der Waals surface area contributed by atoms with Crippen LogP contribution in [0, 0.1) is 0 Å². The van der Waals surface area contributed by atoms with Gasteiger partial charge >= 0.3 is 5.97 Å². The van der Waals surface area contributed by atoms with Crippen LogP contribution < -0.4 is 9.47 Å². The number of hydrogen-bond donors (Lipinski definition) is 0. The lowest BCUT2D eigenvalue weighted by atomic mass is 10.1. The highest BCUT2D eigenvalue weighted by atomic mass is 35.5. The molecule has 0 radical (unpaired) electrons. The minimum atomic E-state index is -0.433. The predicted octanol–water partition coefficient (Wildman–Crippen LogP) is 5.66. The molecular weight excluding hydrogens is 376 g/mol. The summed E-state index contributed by atoms with van der Waals surface area (Å²) in [6, 6.07) is 17.4. The molecule has 0 aliphatic carbocycles. The van der Waals surface area contributed by atoms with E-state index in [1.807, 2.05) is 49.4 Å². The summed E-state index contributed by atoms with van der Waals surface area (Å²) < 4.78 is 16.2. The molecule has 0 N–H and O–H groups in total. The molecule has 0 fully saturated rings. The molecule has 0 saturated heterocycles. The minimum Gasteiger partial charge on any atom is -0.491 e. The van der Waals surface area contributed by atoms with Crippen LogP contribution in [0.2, 0.25) is 5.02 Å². The molecule has 4 nitrogen and oxygen atoms in total. The van der Waals surface area contributed by atoms with Gasteiger partial charge in [-0.15, -0.1) is 0 Å². The summed E-state index contributed by atoms with van der Waals surface area (Å²) >= 11 is 6.23. The molecule has 0 atom stereocenters. The third-order valence-corrected chi connectivity index (χ3v) is 4.48. The summed E-state index contributed by atoms with van der Waals surface area (Å²) in [4.78, 5) is 12.1. The van der Waals surface area contributed by atoms with Gasteiger partial charge in [-0.05, 0) is 47.0 Å². The van der Waals surface area contributed by atoms with Gasteiger partial charge in [0, 0.05) is 6.08 Å². The van der Waals surface area contributed by atoms with E-state index >= 15 is 0 Å². The van der Waals surface area contributed by atoms with E-state index in [1.54, 1.807) is 18.2 Å². The van der Waals surface area contributed by atoms with E-state index in [1.165, 1.54) is 13.2 Å². The Kier molecular flexibility index (Phi) is 6.56. The average molecular weight is 397 g/mol. The highest BCUT2D eigenvalue weighted by Crippen LogP contribution is 2.36. The van der Waals surface area contributed by atoms with Crippen molar-refractivity contribution in [2.24, 2.45) is 0 Å². The predicted molar refractivity (Wildman–Crippen MR) is 112 cm³/mol. The van der Waals surface area contributed by atoms with Gasteiger partial charge in [-0.3, -0.25) is 0 Å². The average Bonchev–Trinajstić information content (AvgIpc) is 2.71. The molecule has 144 valence electrons. The Balaban J connectivity index is 1.70. The lowest BCUT2D eigenvalue weighted by Crippen LogP contribution is -2.01. The molecule has 0 bridgehead atoms. The van der Waals surface area contributed by atoms with Crippen LogP contribution in [-0.4, -0.2) is 19.7 Å². The topological polar surface area (TPSA) is 44.8 Å². The Hall–Kier alpha value is -2.98. The second-order valence-corrected chi connectivity index (χ2v) is 6.45. The number of ether oxygens (including phenoxy) is 3. The Labute approximate surface area is 169 Å². The summed E-state index contributed by atoms with van der Waals surface area (Å²) in [5.41, 5.74) is 1.68. The zero-order chi connectivity index (χ0) is 19.9. The maximum absolute atomic E-state index is 12.1. The van der Waals surface area contributed by atoms with Gasteiger partial charge in [0.1, 0.15) is 6.61 Å². The van der Waals surface area contributed by atoms with Crippen molar-refractivity contribution in [3.05, 3.63) is 76.8 Å². The van der Waals surface area contributed by atoms with Crippen molar-refractivity contribution >= 4 is 34.4 Å². The van der Waals surface area contributed by atoms with Crippen LogP contribution in [0.15, 0.2) is 60.7 Å². The first kappa shape index (κ1) is 19.8. The van der Waals surface area contributed by atoms with E-state index in [0.717, 1.165) is 21.9 Å². The SMILES string of the molecule is CCOc1cc(/C=C/C(=O)OCc2cccc3ccccc23)cc(Cl)c1OC. The molecule has 0 saturated carbocycles. The number of benzene rings is 3. The van der Waals surface area contributed by atoms with Crippen LogP contribution in [-0.2, 0) is 16.1 Å². The molecular formula is C23H21ClO4. The van der Waals surface area contributed by atoms with Crippen molar-refractivity contribution in [1.29, 1.82) is 0 Å². The molecule has 0 aromatic heterocycles. The van der Waals surface area contributed by atoms with Crippen LogP contribution in [0.5, 0.6) is 11.5 Å². The van der Waals surface area contributed by atoms with Gasteiger partial charge in [-0.2, -0.15) is 0 Å². The normalized spacial score (nSPS) is 11.0. The first-order valence-electron chi connectivity index (χ1n) is 8.94. The first-order chi connectivity index (χ1) is 13.6. The Morgan fingerprint density at radius 1 is 1.11 bits per heavy atom. The quantitative estimate of drug-likeness (QED) is 0.382. The lowest BCUT2D eigenvalue weighted by molar-refractivity contribution is -0.138. The molecule has 3 rings (SSSR count). The van der Waals surface area contributed by atoms with E-state index < -0.39 is 5.97 Å². The van der Waals surface area contributed by atoms with E-state index in [-0.39, 0.29) is 6.61 Å². The zero-order valence-corrected chi connectivity index (χ0v) is 16.5. The van der Waals surface area contributed by atoms with Crippen molar-refractivity contribution in [3.8, 4) is 11.5 Å². The maximum Gasteiger partial charge on any atom is 0.331 e. The maximum atomic E-state index is 12.1. The third kappa shape index (κ3) is 4.65. The van der Waals surface area contributed by atoms with Gasteiger partial charge in [0.05, 0.1) is 18.7 Å². The van der Waals surface area contributed by atoms with Crippen molar-refractivity contribution in [2.45, 2.75) is 13.5 Å². The number of methoxy groups -OCH3 is 1. The Bertz CT molecular complexity index is 1010. The van der Waals surface area contributed by atoms with E-state index in [0.29, 0.717) is 23.1 Å². The van der Waals surface area contributed by atoms with Crippen LogP contribution in [0.3, 0.4) is 0 Å². The molecule has 3 aromatic carbocycles. The monoisotopic (exact) mass is 396 g/mol. The third-order valence-electron chi connectivity index (χ3n) is 4.20. The van der Waals surface area contributed by atoms with Gasteiger partial charge in [-0.25, -0.2) is 4.79 Å². The van der Waals surface area contributed by atoms with Crippen molar-refractivity contribution in [3.63, 3.8) is 0 Å². The standard InChI is InChI=1S/C23H21ClO4/c1-3-27-21-14-16(13-20(24)23(21)26-2)11-12-22(25)28-15-18-9-6-8-17-7-4-5-10-19(17)18/h4-14H,3,15H2,1-2H3/b12-11+. The first-order valence-corrected chi connectivity index (χ1v) is 9.32. The van der Waals surface area contributed by atoms with Crippen LogP contribution in [0.25, 0.3) is 16.8 Å². The summed E-state index contributed by atoms with van der Waals surface area (Å²) in [6.45, 7) is 2.56. The number of esters is 1. The summed E-state index contributed by atoms with van der Waals surface area (Å²) in [5.74, 6) is 0.568. The largest absolute Gasteiger partial charge is 0.491 e. The van der Waals surface area contributed by atoms with Crippen molar-refractivity contribution in [2.75, 3.05) is 13.7 Å². The summed E-state index contributed by atoms with van der Waals surface area (Å²) in [7, 11) is 1.53. The zero-order valence-electron chi connectivity index (χ0n) is 15.8. The van der Waals surface area contributed by atoms with Gasteiger partial charge < -0.3 is 14.2 Å². The van der Waals surface area contributed by atoms with Gasteiger partial charge in [0.2, 0.25) is 0 Å². The molecule has 3 aromatic rings. The van der Waals surface area contributed by atoms with E-state index in [2.05, 4.69) is 0 Å².